The first-order valence-corrected chi connectivity index (χ1v) is 9.47. The highest BCUT2D eigenvalue weighted by molar-refractivity contribution is 6.31. The molecule has 0 aliphatic carbocycles. The molecule has 1 atom stereocenters. The number of amides is 1. The summed E-state index contributed by atoms with van der Waals surface area (Å²) in [5.41, 5.74) is 2.22. The Labute approximate surface area is 156 Å². The summed E-state index contributed by atoms with van der Waals surface area (Å²) in [4.78, 5) is 14.7. The number of hydrogen-bond acceptors (Lipinski definition) is 1. The van der Waals surface area contributed by atoms with E-state index in [-0.39, 0.29) is 11.9 Å². The molecule has 0 bridgehead atoms. The van der Waals surface area contributed by atoms with Crippen molar-refractivity contribution in [3.63, 3.8) is 0 Å². The van der Waals surface area contributed by atoms with Gasteiger partial charge in [-0.1, -0.05) is 50.6 Å². The SMILES string of the molecule is CCC(C)N(Cc1cccn1Cc1ccccc1Cl)C(=O)CC(C)C. The highest BCUT2D eigenvalue weighted by Gasteiger charge is 2.21. The van der Waals surface area contributed by atoms with E-state index in [1.54, 1.807) is 0 Å². The molecule has 0 aliphatic heterocycles. The molecule has 1 amide bonds. The summed E-state index contributed by atoms with van der Waals surface area (Å²) in [5.74, 6) is 0.601. The van der Waals surface area contributed by atoms with Crippen LogP contribution in [0.15, 0.2) is 42.6 Å². The molecular weight excluding hydrogens is 332 g/mol. The standard InChI is InChI=1S/C21H29ClN2O/c1-5-17(4)24(21(25)13-16(2)3)15-19-10-8-12-23(19)14-18-9-6-7-11-20(18)22/h6-12,16-17H,5,13-15H2,1-4H3. The van der Waals surface area contributed by atoms with Crippen LogP contribution in [0.1, 0.15) is 51.8 Å². The summed E-state index contributed by atoms with van der Waals surface area (Å²) in [6.07, 6.45) is 3.60. The lowest BCUT2D eigenvalue weighted by molar-refractivity contribution is -0.134. The van der Waals surface area contributed by atoms with E-state index >= 15 is 0 Å². The van der Waals surface area contributed by atoms with E-state index in [9.17, 15) is 4.79 Å². The van der Waals surface area contributed by atoms with Crippen LogP contribution in [-0.2, 0) is 17.9 Å². The number of carbonyl (C=O) groups is 1. The molecule has 25 heavy (non-hydrogen) atoms. The Morgan fingerprint density at radius 3 is 2.52 bits per heavy atom. The van der Waals surface area contributed by atoms with Gasteiger partial charge < -0.3 is 9.47 Å². The maximum atomic E-state index is 12.7. The van der Waals surface area contributed by atoms with Gasteiger partial charge in [0.05, 0.1) is 6.54 Å². The van der Waals surface area contributed by atoms with Gasteiger partial charge in [-0.2, -0.15) is 0 Å². The van der Waals surface area contributed by atoms with Crippen molar-refractivity contribution in [3.8, 4) is 0 Å². The van der Waals surface area contributed by atoms with Crippen molar-refractivity contribution in [1.29, 1.82) is 0 Å². The van der Waals surface area contributed by atoms with Gasteiger partial charge in [0.1, 0.15) is 0 Å². The van der Waals surface area contributed by atoms with E-state index in [1.807, 2.05) is 35.2 Å². The third kappa shape index (κ3) is 5.37. The van der Waals surface area contributed by atoms with Gasteiger partial charge in [-0.15, -0.1) is 0 Å². The van der Waals surface area contributed by atoms with Crippen LogP contribution in [0.3, 0.4) is 0 Å². The lowest BCUT2D eigenvalue weighted by Crippen LogP contribution is -2.38. The first kappa shape index (κ1) is 19.6. The highest BCUT2D eigenvalue weighted by Crippen LogP contribution is 2.20. The first-order valence-electron chi connectivity index (χ1n) is 9.09. The summed E-state index contributed by atoms with van der Waals surface area (Å²) in [5, 5.41) is 0.775. The normalized spacial score (nSPS) is 12.4. The molecule has 1 unspecified atom stereocenters. The van der Waals surface area contributed by atoms with Crippen LogP contribution in [-0.4, -0.2) is 21.4 Å². The van der Waals surface area contributed by atoms with E-state index in [0.29, 0.717) is 25.4 Å². The molecule has 0 saturated heterocycles. The van der Waals surface area contributed by atoms with Crippen molar-refractivity contribution in [2.24, 2.45) is 5.92 Å². The van der Waals surface area contributed by atoms with Gasteiger partial charge in [0, 0.05) is 35.9 Å². The van der Waals surface area contributed by atoms with E-state index < -0.39 is 0 Å². The molecule has 4 heteroatoms. The topological polar surface area (TPSA) is 25.2 Å². The first-order chi connectivity index (χ1) is 11.9. The Hall–Kier alpha value is -1.74. The molecule has 1 heterocycles. The minimum absolute atomic E-state index is 0.231. The van der Waals surface area contributed by atoms with E-state index in [0.717, 1.165) is 22.7 Å². The molecule has 0 fully saturated rings. The zero-order valence-corrected chi connectivity index (χ0v) is 16.5. The highest BCUT2D eigenvalue weighted by atomic mass is 35.5. The Kier molecular flexibility index (Phi) is 7.12. The van der Waals surface area contributed by atoms with Crippen LogP contribution in [0.4, 0.5) is 0 Å². The molecule has 2 rings (SSSR count). The van der Waals surface area contributed by atoms with Gasteiger partial charge in [-0.25, -0.2) is 0 Å². The largest absolute Gasteiger partial charge is 0.345 e. The Morgan fingerprint density at radius 1 is 1.16 bits per heavy atom. The molecule has 0 spiro atoms. The average molecular weight is 361 g/mol. The van der Waals surface area contributed by atoms with Crippen molar-refractivity contribution < 1.29 is 4.79 Å². The number of rotatable bonds is 8. The molecule has 0 N–H and O–H groups in total. The number of hydrogen-bond donors (Lipinski definition) is 0. The van der Waals surface area contributed by atoms with Crippen molar-refractivity contribution in [2.75, 3.05) is 0 Å². The lowest BCUT2D eigenvalue weighted by Gasteiger charge is -2.30. The average Bonchev–Trinajstić information content (AvgIpc) is 3.00. The minimum Gasteiger partial charge on any atom is -0.345 e. The predicted octanol–water partition coefficient (Wildman–Crippen LogP) is 5.36. The van der Waals surface area contributed by atoms with E-state index in [4.69, 9.17) is 11.6 Å². The summed E-state index contributed by atoms with van der Waals surface area (Å²) in [6, 6.07) is 12.3. The zero-order valence-electron chi connectivity index (χ0n) is 15.7. The maximum Gasteiger partial charge on any atom is 0.223 e. The molecule has 3 nitrogen and oxygen atoms in total. The van der Waals surface area contributed by atoms with Gasteiger partial charge in [0.15, 0.2) is 0 Å². The van der Waals surface area contributed by atoms with E-state index in [1.165, 1.54) is 0 Å². The summed E-state index contributed by atoms with van der Waals surface area (Å²) < 4.78 is 2.18. The molecule has 0 aliphatic rings. The smallest absolute Gasteiger partial charge is 0.223 e. The van der Waals surface area contributed by atoms with Crippen LogP contribution >= 0.6 is 11.6 Å². The molecule has 0 radical (unpaired) electrons. The van der Waals surface area contributed by atoms with Crippen LogP contribution in [0, 0.1) is 5.92 Å². The summed E-state index contributed by atoms with van der Waals surface area (Å²) >= 11 is 6.30. The zero-order chi connectivity index (χ0) is 18.4. The lowest BCUT2D eigenvalue weighted by atomic mass is 10.1. The van der Waals surface area contributed by atoms with Crippen molar-refractivity contribution in [3.05, 3.63) is 58.9 Å². The van der Waals surface area contributed by atoms with Crippen LogP contribution < -0.4 is 0 Å². The van der Waals surface area contributed by atoms with Crippen LogP contribution in [0.2, 0.25) is 5.02 Å². The molecule has 1 aromatic heterocycles. The number of nitrogens with zero attached hydrogens (tertiary/aromatic N) is 2. The van der Waals surface area contributed by atoms with E-state index in [2.05, 4.69) is 44.5 Å². The Morgan fingerprint density at radius 2 is 1.88 bits per heavy atom. The predicted molar refractivity (Wildman–Crippen MR) is 105 cm³/mol. The van der Waals surface area contributed by atoms with Gasteiger partial charge >= 0.3 is 0 Å². The third-order valence-electron chi connectivity index (χ3n) is 4.58. The second kappa shape index (κ2) is 9.10. The fourth-order valence-electron chi connectivity index (χ4n) is 2.91. The number of halogens is 1. The molecule has 1 aromatic carbocycles. The van der Waals surface area contributed by atoms with Crippen LogP contribution in [0.25, 0.3) is 0 Å². The van der Waals surface area contributed by atoms with Gasteiger partial charge in [0.2, 0.25) is 5.91 Å². The number of benzene rings is 1. The third-order valence-corrected chi connectivity index (χ3v) is 4.95. The number of carbonyl (C=O) groups excluding carboxylic acids is 1. The van der Waals surface area contributed by atoms with Crippen LogP contribution in [0.5, 0.6) is 0 Å². The maximum absolute atomic E-state index is 12.7. The fraction of sp³-hybridized carbons (Fsp3) is 0.476. The molecule has 136 valence electrons. The molecular formula is C21H29ClN2O. The van der Waals surface area contributed by atoms with Gasteiger partial charge in [-0.3, -0.25) is 4.79 Å². The summed E-state index contributed by atoms with van der Waals surface area (Å²) in [6.45, 7) is 9.79. The van der Waals surface area contributed by atoms with Gasteiger partial charge in [0.25, 0.3) is 0 Å². The second-order valence-electron chi connectivity index (χ2n) is 7.10. The Balaban J connectivity index is 2.19. The second-order valence-corrected chi connectivity index (χ2v) is 7.50. The van der Waals surface area contributed by atoms with Crippen molar-refractivity contribution >= 4 is 17.5 Å². The Bertz CT molecular complexity index is 693. The molecule has 0 saturated carbocycles. The van der Waals surface area contributed by atoms with Crippen molar-refractivity contribution in [1.82, 2.24) is 9.47 Å². The number of aromatic nitrogens is 1. The monoisotopic (exact) mass is 360 g/mol. The van der Waals surface area contributed by atoms with Crippen molar-refractivity contribution in [2.45, 2.75) is 59.7 Å². The quantitative estimate of drug-likeness (QED) is 0.621. The summed E-state index contributed by atoms with van der Waals surface area (Å²) in [7, 11) is 0. The minimum atomic E-state index is 0.231. The fourth-order valence-corrected chi connectivity index (χ4v) is 3.10. The molecule has 2 aromatic rings. The van der Waals surface area contributed by atoms with Gasteiger partial charge in [-0.05, 0) is 43.0 Å².